The topological polar surface area (TPSA) is 66.6 Å². The first kappa shape index (κ1) is 17.7. The number of amides is 2. The van der Waals surface area contributed by atoms with E-state index in [1.165, 1.54) is 32.1 Å². The van der Waals surface area contributed by atoms with E-state index in [0.717, 1.165) is 45.2 Å². The van der Waals surface area contributed by atoms with Crippen LogP contribution in [0.25, 0.3) is 0 Å². The Morgan fingerprint density at radius 1 is 0.833 bits per heavy atom. The zero-order valence-electron chi connectivity index (χ0n) is 15.0. The molecule has 0 bridgehead atoms. The molecule has 3 rings (SSSR count). The lowest BCUT2D eigenvalue weighted by Gasteiger charge is -2.36. The van der Waals surface area contributed by atoms with Crippen LogP contribution in [-0.2, 0) is 9.59 Å². The van der Waals surface area contributed by atoms with E-state index in [-0.39, 0.29) is 11.8 Å². The van der Waals surface area contributed by atoms with Crippen molar-refractivity contribution in [3.63, 3.8) is 0 Å². The summed E-state index contributed by atoms with van der Waals surface area (Å²) in [6, 6.07) is 0. The van der Waals surface area contributed by atoms with Gasteiger partial charge in [-0.1, -0.05) is 32.1 Å². The molecule has 5 heteroatoms. The highest BCUT2D eigenvalue weighted by atomic mass is 16.2. The summed E-state index contributed by atoms with van der Waals surface area (Å²) in [6.07, 6.45) is 11.5. The molecule has 3 aliphatic rings. The molecule has 2 N–H and O–H groups in total. The summed E-state index contributed by atoms with van der Waals surface area (Å²) in [5.41, 5.74) is 5.76. The molecular weight excluding hydrogens is 302 g/mol. The molecular formula is C19H33N3O2. The molecule has 0 atom stereocenters. The van der Waals surface area contributed by atoms with Gasteiger partial charge in [0.1, 0.15) is 0 Å². The minimum atomic E-state index is -0.652. The summed E-state index contributed by atoms with van der Waals surface area (Å²) in [5.74, 6) is 0.997. The number of carbonyl (C=O) groups is 2. The molecule has 136 valence electrons. The Labute approximate surface area is 145 Å². The van der Waals surface area contributed by atoms with E-state index in [1.807, 2.05) is 9.80 Å². The molecule has 5 nitrogen and oxygen atoms in total. The standard InChI is InChI=1S/C19H33N3O2/c20-19(9-4-1-5-10-19)18(24)22-12-6-11-21(13-14-22)17(23)15-16-7-2-3-8-16/h16H,1-15,20H2. The molecule has 0 aromatic heterocycles. The van der Waals surface area contributed by atoms with Crippen molar-refractivity contribution >= 4 is 11.8 Å². The summed E-state index contributed by atoms with van der Waals surface area (Å²) >= 11 is 0. The number of nitrogens with two attached hydrogens (primary N) is 1. The molecule has 0 aromatic rings. The molecule has 0 aromatic carbocycles. The van der Waals surface area contributed by atoms with Gasteiger partial charge in [0.2, 0.25) is 11.8 Å². The van der Waals surface area contributed by atoms with Gasteiger partial charge < -0.3 is 15.5 Å². The van der Waals surface area contributed by atoms with Gasteiger partial charge in [-0.3, -0.25) is 9.59 Å². The Morgan fingerprint density at radius 3 is 2.17 bits per heavy atom. The minimum absolute atomic E-state index is 0.118. The highest BCUT2D eigenvalue weighted by molar-refractivity contribution is 5.86. The van der Waals surface area contributed by atoms with Crippen LogP contribution in [0.4, 0.5) is 0 Å². The quantitative estimate of drug-likeness (QED) is 0.860. The maximum absolute atomic E-state index is 12.9. The second-order valence-electron chi connectivity index (χ2n) is 8.10. The van der Waals surface area contributed by atoms with Crippen LogP contribution in [0.3, 0.4) is 0 Å². The molecule has 0 unspecified atom stereocenters. The molecule has 2 amide bonds. The van der Waals surface area contributed by atoms with Crippen LogP contribution >= 0.6 is 0 Å². The lowest BCUT2D eigenvalue weighted by Crippen LogP contribution is -2.56. The molecule has 2 saturated carbocycles. The Kier molecular flexibility index (Phi) is 5.80. The number of nitrogens with zero attached hydrogens (tertiary/aromatic N) is 2. The second kappa shape index (κ2) is 7.85. The van der Waals surface area contributed by atoms with E-state index < -0.39 is 5.54 Å². The molecule has 0 spiro atoms. The summed E-state index contributed by atoms with van der Waals surface area (Å²) in [5, 5.41) is 0. The normalized spacial score (nSPS) is 25.5. The first-order chi connectivity index (χ1) is 11.6. The minimum Gasteiger partial charge on any atom is -0.341 e. The molecule has 3 fully saturated rings. The SMILES string of the molecule is NC1(C(=O)N2CCCN(C(=O)CC3CCCC3)CC2)CCCCC1. The summed E-state index contributed by atoms with van der Waals surface area (Å²) in [6.45, 7) is 2.85. The predicted molar refractivity (Wildman–Crippen MR) is 94.4 cm³/mol. The van der Waals surface area contributed by atoms with E-state index in [9.17, 15) is 9.59 Å². The molecule has 1 aliphatic heterocycles. The smallest absolute Gasteiger partial charge is 0.242 e. The Morgan fingerprint density at radius 2 is 1.46 bits per heavy atom. The van der Waals surface area contributed by atoms with Crippen molar-refractivity contribution in [3.05, 3.63) is 0 Å². The van der Waals surface area contributed by atoms with Crippen LogP contribution in [0, 0.1) is 5.92 Å². The fourth-order valence-corrected chi connectivity index (χ4v) is 4.67. The lowest BCUT2D eigenvalue weighted by atomic mass is 9.81. The maximum Gasteiger partial charge on any atom is 0.242 e. The Bertz CT molecular complexity index is 454. The Balaban J connectivity index is 1.52. The number of hydrogen-bond donors (Lipinski definition) is 1. The van der Waals surface area contributed by atoms with Crippen molar-refractivity contribution in [2.75, 3.05) is 26.2 Å². The van der Waals surface area contributed by atoms with Crippen LogP contribution in [0.1, 0.15) is 70.6 Å². The van der Waals surface area contributed by atoms with E-state index in [4.69, 9.17) is 5.73 Å². The maximum atomic E-state index is 12.9. The van der Waals surface area contributed by atoms with Gasteiger partial charge in [-0.15, -0.1) is 0 Å². The molecule has 0 radical (unpaired) electrons. The third-order valence-electron chi connectivity index (χ3n) is 6.25. The highest BCUT2D eigenvalue weighted by Crippen LogP contribution is 2.29. The van der Waals surface area contributed by atoms with Crippen LogP contribution in [0.5, 0.6) is 0 Å². The van der Waals surface area contributed by atoms with Gasteiger partial charge in [-0.2, -0.15) is 0 Å². The van der Waals surface area contributed by atoms with E-state index in [1.54, 1.807) is 0 Å². The second-order valence-corrected chi connectivity index (χ2v) is 8.10. The lowest BCUT2D eigenvalue weighted by molar-refractivity contribution is -0.139. The average Bonchev–Trinajstić information content (AvgIpc) is 2.96. The van der Waals surface area contributed by atoms with Gasteiger partial charge in [0.05, 0.1) is 5.54 Å². The van der Waals surface area contributed by atoms with Crippen LogP contribution in [-0.4, -0.2) is 53.3 Å². The van der Waals surface area contributed by atoms with Crippen molar-refractivity contribution in [3.8, 4) is 0 Å². The monoisotopic (exact) mass is 335 g/mol. The Hall–Kier alpha value is -1.10. The number of hydrogen-bond acceptors (Lipinski definition) is 3. The third kappa shape index (κ3) is 4.11. The summed E-state index contributed by atoms with van der Waals surface area (Å²) < 4.78 is 0. The molecule has 24 heavy (non-hydrogen) atoms. The van der Waals surface area contributed by atoms with Crippen molar-refractivity contribution in [1.82, 2.24) is 9.80 Å². The molecule has 1 heterocycles. The highest BCUT2D eigenvalue weighted by Gasteiger charge is 2.38. The first-order valence-corrected chi connectivity index (χ1v) is 9.94. The van der Waals surface area contributed by atoms with E-state index in [0.29, 0.717) is 25.4 Å². The zero-order valence-corrected chi connectivity index (χ0v) is 15.0. The predicted octanol–water partition coefficient (Wildman–Crippen LogP) is 2.29. The van der Waals surface area contributed by atoms with Crippen LogP contribution < -0.4 is 5.73 Å². The van der Waals surface area contributed by atoms with Gasteiger partial charge in [-0.05, 0) is 38.0 Å². The van der Waals surface area contributed by atoms with Gasteiger partial charge >= 0.3 is 0 Å². The van der Waals surface area contributed by atoms with Gasteiger partial charge in [0, 0.05) is 32.6 Å². The summed E-state index contributed by atoms with van der Waals surface area (Å²) in [7, 11) is 0. The van der Waals surface area contributed by atoms with Crippen molar-refractivity contribution < 1.29 is 9.59 Å². The van der Waals surface area contributed by atoms with Crippen molar-refractivity contribution in [1.29, 1.82) is 0 Å². The summed E-state index contributed by atoms with van der Waals surface area (Å²) in [4.78, 5) is 29.3. The fraction of sp³-hybridized carbons (Fsp3) is 0.895. The largest absolute Gasteiger partial charge is 0.341 e. The molecule has 1 saturated heterocycles. The molecule has 2 aliphatic carbocycles. The van der Waals surface area contributed by atoms with Gasteiger partial charge in [0.15, 0.2) is 0 Å². The van der Waals surface area contributed by atoms with Crippen LogP contribution in [0.15, 0.2) is 0 Å². The first-order valence-electron chi connectivity index (χ1n) is 9.94. The van der Waals surface area contributed by atoms with Gasteiger partial charge in [-0.25, -0.2) is 0 Å². The number of rotatable bonds is 3. The van der Waals surface area contributed by atoms with Crippen molar-refractivity contribution in [2.24, 2.45) is 11.7 Å². The van der Waals surface area contributed by atoms with E-state index >= 15 is 0 Å². The average molecular weight is 335 g/mol. The third-order valence-corrected chi connectivity index (χ3v) is 6.25. The van der Waals surface area contributed by atoms with Crippen LogP contribution in [0.2, 0.25) is 0 Å². The van der Waals surface area contributed by atoms with Gasteiger partial charge in [0.25, 0.3) is 0 Å². The zero-order chi connectivity index (χ0) is 17.0. The van der Waals surface area contributed by atoms with E-state index in [2.05, 4.69) is 0 Å². The number of carbonyl (C=O) groups excluding carboxylic acids is 2. The van der Waals surface area contributed by atoms with Crippen molar-refractivity contribution in [2.45, 2.75) is 76.2 Å². The fourth-order valence-electron chi connectivity index (χ4n) is 4.67.